The van der Waals surface area contributed by atoms with E-state index < -0.39 is 5.24 Å². The van der Waals surface area contributed by atoms with Crippen molar-refractivity contribution >= 4 is 28.4 Å². The van der Waals surface area contributed by atoms with E-state index in [1.165, 1.54) is 12.3 Å². The average Bonchev–Trinajstić information content (AvgIpc) is 1.87. The summed E-state index contributed by atoms with van der Waals surface area (Å²) in [5, 5.41) is -0.912. The molecule has 3 heteroatoms. The predicted octanol–water partition coefficient (Wildman–Crippen LogP) is 2.78. The van der Waals surface area contributed by atoms with Crippen LogP contribution in [0.5, 0.6) is 0 Å². The Morgan fingerprint density at radius 2 is 1.75 bits per heavy atom. The van der Waals surface area contributed by atoms with Crippen molar-refractivity contribution in [3.05, 3.63) is 0 Å². The van der Waals surface area contributed by atoms with Crippen LogP contribution in [0.4, 0.5) is 0 Å². The Hall–Kier alpha value is 1.00. The molecule has 8 heavy (non-hydrogen) atoms. The van der Waals surface area contributed by atoms with Gasteiger partial charge in [-0.15, -0.1) is 11.4 Å². The molecule has 0 aromatic heterocycles. The van der Waals surface area contributed by atoms with Gasteiger partial charge in [0.15, 0.2) is 0 Å². The molecule has 0 rings (SSSR count). The molecule has 0 spiro atoms. The van der Waals surface area contributed by atoms with Crippen molar-refractivity contribution in [2.75, 3.05) is 18.6 Å². The summed E-state index contributed by atoms with van der Waals surface area (Å²) in [4.78, 5) is 0. The highest BCUT2D eigenvalue weighted by atomic mass is 32.9. The number of rotatable bonds is 3. The highest BCUT2D eigenvalue weighted by Gasteiger charge is 2.07. The Balaban J connectivity index is 3.79. The molecule has 0 nitrogen and oxygen atoms in total. The minimum absolute atomic E-state index is 0.912. The first-order valence-corrected chi connectivity index (χ1v) is 7.82. The maximum absolute atomic E-state index is 5.38. The van der Waals surface area contributed by atoms with E-state index in [0.29, 0.717) is 0 Å². The second-order valence-corrected chi connectivity index (χ2v) is 10.9. The quantitative estimate of drug-likeness (QED) is 0.594. The van der Waals surface area contributed by atoms with Crippen LogP contribution in [0.25, 0.3) is 0 Å². The monoisotopic (exact) mass is 168 g/mol. The Bertz CT molecular complexity index is 81.6. The van der Waals surface area contributed by atoms with Crippen LogP contribution < -0.4 is 0 Å². The SMILES string of the molecule is CCP(=S)(CC)SC. The van der Waals surface area contributed by atoms with Crippen LogP contribution in [0.2, 0.25) is 0 Å². The summed E-state index contributed by atoms with van der Waals surface area (Å²) in [5.74, 6) is 0. The molecule has 0 N–H and O–H groups in total. The van der Waals surface area contributed by atoms with Gasteiger partial charge in [0.05, 0.1) is 0 Å². The largest absolute Gasteiger partial charge is 0.127 e. The molecule has 0 saturated carbocycles. The van der Waals surface area contributed by atoms with E-state index in [1.807, 2.05) is 11.4 Å². The topological polar surface area (TPSA) is 0 Å². The molecule has 0 aliphatic carbocycles. The molecule has 0 fully saturated rings. The van der Waals surface area contributed by atoms with Gasteiger partial charge in [-0.05, 0) is 18.6 Å². The Labute approximate surface area is 61.2 Å². The summed E-state index contributed by atoms with van der Waals surface area (Å²) in [5.41, 5.74) is 0. The standard InChI is InChI=1S/C5H13PS2/c1-4-6(7,5-2)8-3/h4-5H2,1-3H3. The fraction of sp³-hybridized carbons (Fsp3) is 1.00. The van der Waals surface area contributed by atoms with Gasteiger partial charge in [0.2, 0.25) is 0 Å². The van der Waals surface area contributed by atoms with Gasteiger partial charge in [-0.3, -0.25) is 0 Å². The second kappa shape index (κ2) is 3.92. The minimum Gasteiger partial charge on any atom is -0.127 e. The fourth-order valence-electron chi connectivity index (χ4n) is 0.482. The van der Waals surface area contributed by atoms with Crippen LogP contribution in [0.1, 0.15) is 13.8 Å². The number of hydrogen-bond donors (Lipinski definition) is 0. The van der Waals surface area contributed by atoms with Gasteiger partial charge < -0.3 is 0 Å². The molecule has 0 aliphatic heterocycles. The van der Waals surface area contributed by atoms with Crippen LogP contribution in [0.15, 0.2) is 0 Å². The lowest BCUT2D eigenvalue weighted by Crippen LogP contribution is -1.80. The molecule has 0 bridgehead atoms. The Morgan fingerprint density at radius 1 is 1.38 bits per heavy atom. The normalized spacial score (nSPS) is 11.9. The summed E-state index contributed by atoms with van der Waals surface area (Å²) < 4.78 is 0. The first-order valence-electron chi connectivity index (χ1n) is 2.82. The molecule has 0 heterocycles. The van der Waals surface area contributed by atoms with E-state index in [2.05, 4.69) is 20.1 Å². The summed E-state index contributed by atoms with van der Waals surface area (Å²) >= 11 is 7.28. The van der Waals surface area contributed by atoms with E-state index in [-0.39, 0.29) is 0 Å². The lowest BCUT2D eigenvalue weighted by Gasteiger charge is -2.12. The van der Waals surface area contributed by atoms with Gasteiger partial charge in [0.1, 0.15) is 0 Å². The van der Waals surface area contributed by atoms with E-state index in [9.17, 15) is 0 Å². The molecular formula is C5H13PS2. The Morgan fingerprint density at radius 3 is 1.75 bits per heavy atom. The summed E-state index contributed by atoms with van der Waals surface area (Å²) in [6.45, 7) is 4.39. The summed E-state index contributed by atoms with van der Waals surface area (Å²) in [6, 6.07) is 0. The third-order valence-corrected chi connectivity index (χ3v) is 10.3. The van der Waals surface area contributed by atoms with E-state index in [1.54, 1.807) is 0 Å². The molecule has 0 aromatic carbocycles. The van der Waals surface area contributed by atoms with Crippen LogP contribution in [-0.2, 0) is 11.8 Å². The van der Waals surface area contributed by atoms with Gasteiger partial charge in [-0.1, -0.05) is 25.7 Å². The van der Waals surface area contributed by atoms with Crippen molar-refractivity contribution in [3.8, 4) is 0 Å². The molecular weight excluding hydrogens is 155 g/mol. The minimum atomic E-state index is -0.912. The van der Waals surface area contributed by atoms with E-state index in [4.69, 9.17) is 11.8 Å². The average molecular weight is 168 g/mol. The highest BCUT2D eigenvalue weighted by molar-refractivity contribution is 8.70. The predicted molar refractivity (Wildman–Crippen MR) is 48.9 cm³/mol. The molecule has 50 valence electrons. The third-order valence-electron chi connectivity index (χ3n) is 1.30. The Kier molecular flexibility index (Phi) is 4.41. The van der Waals surface area contributed by atoms with Crippen LogP contribution >= 0.6 is 16.6 Å². The van der Waals surface area contributed by atoms with Gasteiger partial charge in [-0.25, -0.2) is 0 Å². The van der Waals surface area contributed by atoms with Crippen LogP contribution in [-0.4, -0.2) is 18.6 Å². The highest BCUT2D eigenvalue weighted by Crippen LogP contribution is 2.56. The first kappa shape index (κ1) is 9.00. The van der Waals surface area contributed by atoms with E-state index in [0.717, 1.165) is 0 Å². The maximum atomic E-state index is 5.38. The zero-order chi connectivity index (χ0) is 6.62. The molecule has 0 amide bonds. The molecule has 0 aromatic rings. The van der Waals surface area contributed by atoms with Crippen LogP contribution in [0.3, 0.4) is 0 Å². The lowest BCUT2D eigenvalue weighted by molar-refractivity contribution is 1.43. The van der Waals surface area contributed by atoms with Crippen molar-refractivity contribution in [2.45, 2.75) is 13.8 Å². The van der Waals surface area contributed by atoms with Crippen molar-refractivity contribution in [1.29, 1.82) is 0 Å². The van der Waals surface area contributed by atoms with Gasteiger partial charge in [0.25, 0.3) is 0 Å². The van der Waals surface area contributed by atoms with Crippen molar-refractivity contribution in [3.63, 3.8) is 0 Å². The second-order valence-electron chi connectivity index (χ2n) is 1.63. The lowest BCUT2D eigenvalue weighted by atomic mass is 11.0. The number of hydrogen-bond acceptors (Lipinski definition) is 2. The zero-order valence-electron chi connectivity index (χ0n) is 5.68. The maximum Gasteiger partial charge on any atom is 0.00572 e. The third kappa shape index (κ3) is 2.52. The summed E-state index contributed by atoms with van der Waals surface area (Å²) in [6.07, 6.45) is 4.55. The van der Waals surface area contributed by atoms with Crippen LogP contribution in [0, 0.1) is 0 Å². The van der Waals surface area contributed by atoms with Gasteiger partial charge in [-0.2, -0.15) is 0 Å². The van der Waals surface area contributed by atoms with Crippen molar-refractivity contribution < 1.29 is 0 Å². The smallest absolute Gasteiger partial charge is 0.00572 e. The summed E-state index contributed by atoms with van der Waals surface area (Å²) in [7, 11) is 0. The zero-order valence-corrected chi connectivity index (χ0v) is 8.21. The molecule has 0 atom stereocenters. The van der Waals surface area contributed by atoms with E-state index >= 15 is 0 Å². The molecule has 0 unspecified atom stereocenters. The molecule has 0 saturated heterocycles. The van der Waals surface area contributed by atoms with Crippen molar-refractivity contribution in [2.24, 2.45) is 0 Å². The van der Waals surface area contributed by atoms with Crippen molar-refractivity contribution in [1.82, 2.24) is 0 Å². The fourth-order valence-corrected chi connectivity index (χ4v) is 2.99. The molecule has 0 aliphatic rings. The molecule has 0 radical (unpaired) electrons. The van der Waals surface area contributed by atoms with Gasteiger partial charge in [0, 0.05) is 5.24 Å². The van der Waals surface area contributed by atoms with Gasteiger partial charge >= 0.3 is 0 Å². The first-order chi connectivity index (χ1) is 3.68.